The van der Waals surface area contributed by atoms with E-state index in [1.165, 1.54) is 42.5 Å². The van der Waals surface area contributed by atoms with Crippen molar-refractivity contribution in [2.45, 2.75) is 66.0 Å². The van der Waals surface area contributed by atoms with Crippen LogP contribution in [0.4, 0.5) is 0 Å². The number of rotatable bonds is 9. The summed E-state index contributed by atoms with van der Waals surface area (Å²) in [6.07, 6.45) is 3.92. The fourth-order valence-electron chi connectivity index (χ4n) is 2.84. The molecule has 21 heavy (non-hydrogen) atoms. The number of hydrogen-bond acceptors (Lipinski definition) is 2. The summed E-state index contributed by atoms with van der Waals surface area (Å²) in [6.45, 7) is 13.6. The molecule has 0 fully saturated rings. The highest BCUT2D eigenvalue weighted by atomic mass is 15.2. The molecule has 120 valence electrons. The van der Waals surface area contributed by atoms with Crippen LogP contribution in [0.25, 0.3) is 0 Å². The van der Waals surface area contributed by atoms with E-state index in [2.05, 4.69) is 70.1 Å². The second-order valence-electron chi connectivity index (χ2n) is 6.50. The van der Waals surface area contributed by atoms with Gasteiger partial charge in [0.05, 0.1) is 0 Å². The Labute approximate surface area is 131 Å². The molecule has 0 aliphatic heterocycles. The Balaban J connectivity index is 2.80. The van der Waals surface area contributed by atoms with E-state index in [9.17, 15) is 0 Å². The van der Waals surface area contributed by atoms with Gasteiger partial charge in [-0.1, -0.05) is 43.5 Å². The predicted molar refractivity (Wildman–Crippen MR) is 94.0 cm³/mol. The summed E-state index contributed by atoms with van der Waals surface area (Å²) in [4.78, 5) is 2.61. The van der Waals surface area contributed by atoms with Crippen LogP contribution in [-0.4, -0.2) is 31.1 Å². The monoisotopic (exact) mass is 290 g/mol. The van der Waals surface area contributed by atoms with Crippen LogP contribution in [0.3, 0.4) is 0 Å². The molecular formula is C19H34N2. The molecule has 0 radical (unpaired) electrons. The third kappa shape index (κ3) is 5.80. The summed E-state index contributed by atoms with van der Waals surface area (Å²) in [6, 6.07) is 7.79. The quantitative estimate of drug-likeness (QED) is 0.675. The minimum absolute atomic E-state index is 0.411. The molecule has 0 bridgehead atoms. The van der Waals surface area contributed by atoms with Crippen molar-refractivity contribution in [1.29, 1.82) is 0 Å². The predicted octanol–water partition coefficient (Wildman–Crippen LogP) is 4.46. The lowest BCUT2D eigenvalue weighted by molar-refractivity contribution is 0.196. The van der Waals surface area contributed by atoms with Gasteiger partial charge in [-0.25, -0.2) is 0 Å². The zero-order valence-corrected chi connectivity index (χ0v) is 14.9. The van der Waals surface area contributed by atoms with Gasteiger partial charge in [0.25, 0.3) is 0 Å². The minimum atomic E-state index is 0.411. The SMILES string of the molecule is CCCCCN(CC(NC)c1cc(C)ccc1C)C(C)C. The third-order valence-electron chi connectivity index (χ3n) is 4.35. The van der Waals surface area contributed by atoms with Gasteiger partial charge in [0, 0.05) is 18.6 Å². The lowest BCUT2D eigenvalue weighted by atomic mass is 9.98. The number of hydrogen-bond donors (Lipinski definition) is 1. The summed E-state index contributed by atoms with van der Waals surface area (Å²) in [7, 11) is 2.08. The van der Waals surface area contributed by atoms with Gasteiger partial charge in [0.1, 0.15) is 0 Å². The van der Waals surface area contributed by atoms with E-state index in [4.69, 9.17) is 0 Å². The van der Waals surface area contributed by atoms with Crippen molar-refractivity contribution in [1.82, 2.24) is 10.2 Å². The Bertz CT molecular complexity index is 412. The highest BCUT2D eigenvalue weighted by Gasteiger charge is 2.18. The van der Waals surface area contributed by atoms with Gasteiger partial charge in [-0.15, -0.1) is 0 Å². The molecule has 0 heterocycles. The summed E-state index contributed by atoms with van der Waals surface area (Å²) in [5.74, 6) is 0. The average molecular weight is 290 g/mol. The normalized spacial score (nSPS) is 13.1. The molecule has 0 amide bonds. The summed E-state index contributed by atoms with van der Waals surface area (Å²) in [5.41, 5.74) is 4.17. The van der Waals surface area contributed by atoms with E-state index < -0.39 is 0 Å². The molecule has 0 aliphatic rings. The molecule has 1 rings (SSSR count). The van der Waals surface area contributed by atoms with Crippen LogP contribution >= 0.6 is 0 Å². The molecular weight excluding hydrogens is 256 g/mol. The van der Waals surface area contributed by atoms with Crippen LogP contribution in [-0.2, 0) is 0 Å². The average Bonchev–Trinajstić information content (AvgIpc) is 2.45. The first-order chi connectivity index (χ1) is 9.99. The van der Waals surface area contributed by atoms with E-state index >= 15 is 0 Å². The largest absolute Gasteiger partial charge is 0.312 e. The van der Waals surface area contributed by atoms with Crippen LogP contribution < -0.4 is 5.32 Å². The zero-order chi connectivity index (χ0) is 15.8. The van der Waals surface area contributed by atoms with Gasteiger partial charge in [-0.2, -0.15) is 0 Å². The molecule has 0 aliphatic carbocycles. The lowest BCUT2D eigenvalue weighted by Gasteiger charge is -2.31. The van der Waals surface area contributed by atoms with E-state index in [0.717, 1.165) is 6.54 Å². The van der Waals surface area contributed by atoms with Crippen LogP contribution in [0.15, 0.2) is 18.2 Å². The highest BCUT2D eigenvalue weighted by molar-refractivity contribution is 5.33. The first-order valence-corrected chi connectivity index (χ1v) is 8.48. The Morgan fingerprint density at radius 3 is 2.43 bits per heavy atom. The highest BCUT2D eigenvalue weighted by Crippen LogP contribution is 2.21. The van der Waals surface area contributed by atoms with Gasteiger partial charge < -0.3 is 5.32 Å². The number of aryl methyl sites for hydroxylation is 2. The lowest BCUT2D eigenvalue weighted by Crippen LogP contribution is -2.39. The maximum atomic E-state index is 3.52. The molecule has 0 saturated carbocycles. The van der Waals surface area contributed by atoms with Crippen LogP contribution in [0.2, 0.25) is 0 Å². The van der Waals surface area contributed by atoms with Crippen molar-refractivity contribution in [3.8, 4) is 0 Å². The zero-order valence-electron chi connectivity index (χ0n) is 14.9. The Morgan fingerprint density at radius 1 is 1.14 bits per heavy atom. The second-order valence-corrected chi connectivity index (χ2v) is 6.50. The molecule has 0 spiro atoms. The van der Waals surface area contributed by atoms with Crippen molar-refractivity contribution < 1.29 is 0 Å². The second kappa shape index (κ2) is 9.22. The van der Waals surface area contributed by atoms with Gasteiger partial charge in [0.2, 0.25) is 0 Å². The maximum absolute atomic E-state index is 3.52. The van der Waals surface area contributed by atoms with E-state index in [1.807, 2.05) is 0 Å². The first-order valence-electron chi connectivity index (χ1n) is 8.48. The van der Waals surface area contributed by atoms with Gasteiger partial charge in [-0.05, 0) is 58.8 Å². The van der Waals surface area contributed by atoms with Gasteiger partial charge in [-0.3, -0.25) is 4.90 Å². The molecule has 1 N–H and O–H groups in total. The summed E-state index contributed by atoms with van der Waals surface area (Å²) >= 11 is 0. The molecule has 1 unspecified atom stereocenters. The van der Waals surface area contributed by atoms with E-state index in [0.29, 0.717) is 12.1 Å². The van der Waals surface area contributed by atoms with Crippen LogP contribution in [0, 0.1) is 13.8 Å². The smallest absolute Gasteiger partial charge is 0.0449 e. The molecule has 1 aromatic carbocycles. The van der Waals surface area contributed by atoms with Gasteiger partial charge >= 0.3 is 0 Å². The fourth-order valence-corrected chi connectivity index (χ4v) is 2.84. The molecule has 0 aromatic heterocycles. The Hall–Kier alpha value is -0.860. The summed E-state index contributed by atoms with van der Waals surface area (Å²) in [5, 5.41) is 3.52. The standard InChI is InChI=1S/C19H34N2/c1-7-8-9-12-21(15(2)3)14-19(20-6)18-13-16(4)10-11-17(18)5/h10-11,13,15,19-20H,7-9,12,14H2,1-6H3. The van der Waals surface area contributed by atoms with Crippen molar-refractivity contribution in [3.05, 3.63) is 34.9 Å². The van der Waals surface area contributed by atoms with E-state index in [1.54, 1.807) is 0 Å². The molecule has 1 atom stereocenters. The fraction of sp³-hybridized carbons (Fsp3) is 0.684. The van der Waals surface area contributed by atoms with Crippen molar-refractivity contribution in [3.63, 3.8) is 0 Å². The van der Waals surface area contributed by atoms with Crippen molar-refractivity contribution in [2.24, 2.45) is 0 Å². The van der Waals surface area contributed by atoms with E-state index in [-0.39, 0.29) is 0 Å². The summed E-state index contributed by atoms with van der Waals surface area (Å²) < 4.78 is 0. The van der Waals surface area contributed by atoms with Crippen molar-refractivity contribution in [2.75, 3.05) is 20.1 Å². The number of nitrogens with one attached hydrogen (secondary N) is 1. The van der Waals surface area contributed by atoms with Crippen LogP contribution in [0.5, 0.6) is 0 Å². The number of likely N-dealkylation sites (N-methyl/N-ethyl adjacent to an activating group) is 1. The molecule has 2 heteroatoms. The molecule has 1 aromatic rings. The minimum Gasteiger partial charge on any atom is -0.312 e. The van der Waals surface area contributed by atoms with Gasteiger partial charge in [0.15, 0.2) is 0 Å². The molecule has 2 nitrogen and oxygen atoms in total. The number of unbranched alkanes of at least 4 members (excludes halogenated alkanes) is 2. The Kier molecular flexibility index (Phi) is 7.98. The number of benzene rings is 1. The third-order valence-corrected chi connectivity index (χ3v) is 4.35. The maximum Gasteiger partial charge on any atom is 0.0449 e. The Morgan fingerprint density at radius 2 is 1.86 bits per heavy atom. The first kappa shape index (κ1) is 18.2. The topological polar surface area (TPSA) is 15.3 Å². The molecule has 0 saturated heterocycles. The number of nitrogens with zero attached hydrogens (tertiary/aromatic N) is 1. The van der Waals surface area contributed by atoms with Crippen molar-refractivity contribution >= 4 is 0 Å². The van der Waals surface area contributed by atoms with Crippen LogP contribution in [0.1, 0.15) is 62.8 Å².